The van der Waals surface area contributed by atoms with E-state index in [-0.39, 0.29) is 5.82 Å². The Balaban J connectivity index is 2.30. The lowest BCUT2D eigenvalue weighted by Crippen LogP contribution is -1.99. The number of anilines is 3. The zero-order valence-corrected chi connectivity index (χ0v) is 10.3. The van der Waals surface area contributed by atoms with Crippen LogP contribution in [-0.4, -0.2) is 7.11 Å². The Bertz CT molecular complexity index is 570. The Morgan fingerprint density at radius 1 is 1.22 bits per heavy atom. The van der Waals surface area contributed by atoms with E-state index in [1.165, 1.54) is 6.07 Å². The number of hydrogen-bond donors (Lipinski definition) is 2. The highest BCUT2D eigenvalue weighted by Gasteiger charge is 2.05. The maximum absolute atomic E-state index is 13.3. The standard InChI is InChI=1S/C14H15FN2O/c1-9-6-14(13(16)8-12(9)15)17-10-4-3-5-11(7-10)18-2/h3-8,17H,16H2,1-2H3. The van der Waals surface area contributed by atoms with Gasteiger partial charge in [-0.25, -0.2) is 4.39 Å². The van der Waals surface area contributed by atoms with Gasteiger partial charge in [0.2, 0.25) is 0 Å². The van der Waals surface area contributed by atoms with Gasteiger partial charge in [0.15, 0.2) is 0 Å². The quantitative estimate of drug-likeness (QED) is 0.815. The number of hydrogen-bond acceptors (Lipinski definition) is 3. The molecule has 0 aliphatic rings. The normalized spacial score (nSPS) is 10.2. The topological polar surface area (TPSA) is 47.3 Å². The molecule has 2 aromatic rings. The minimum atomic E-state index is -0.302. The fourth-order valence-electron chi connectivity index (χ4n) is 1.66. The molecule has 0 heterocycles. The molecule has 0 saturated carbocycles. The lowest BCUT2D eigenvalue weighted by molar-refractivity contribution is 0.415. The van der Waals surface area contributed by atoms with Gasteiger partial charge in [0.05, 0.1) is 18.5 Å². The fourth-order valence-corrected chi connectivity index (χ4v) is 1.66. The van der Waals surface area contributed by atoms with Crippen LogP contribution < -0.4 is 15.8 Å². The number of nitrogen functional groups attached to an aromatic ring is 1. The largest absolute Gasteiger partial charge is 0.497 e. The molecule has 94 valence electrons. The van der Waals surface area contributed by atoms with E-state index < -0.39 is 0 Å². The third kappa shape index (κ3) is 2.53. The van der Waals surface area contributed by atoms with E-state index in [9.17, 15) is 4.39 Å². The Hall–Kier alpha value is -2.23. The molecule has 4 heteroatoms. The SMILES string of the molecule is COc1cccc(Nc2cc(C)c(F)cc2N)c1. The Kier molecular flexibility index (Phi) is 3.37. The van der Waals surface area contributed by atoms with Crippen molar-refractivity contribution >= 4 is 17.1 Å². The van der Waals surface area contributed by atoms with Gasteiger partial charge >= 0.3 is 0 Å². The zero-order valence-electron chi connectivity index (χ0n) is 10.3. The summed E-state index contributed by atoms with van der Waals surface area (Å²) < 4.78 is 18.4. The van der Waals surface area contributed by atoms with Crippen molar-refractivity contribution in [3.8, 4) is 5.75 Å². The summed E-state index contributed by atoms with van der Waals surface area (Å²) in [4.78, 5) is 0. The van der Waals surface area contributed by atoms with Gasteiger partial charge in [0.1, 0.15) is 11.6 Å². The van der Waals surface area contributed by atoms with Crippen molar-refractivity contribution in [2.75, 3.05) is 18.2 Å². The van der Waals surface area contributed by atoms with E-state index in [1.807, 2.05) is 24.3 Å². The van der Waals surface area contributed by atoms with Gasteiger partial charge in [-0.1, -0.05) is 6.07 Å². The number of rotatable bonds is 3. The minimum Gasteiger partial charge on any atom is -0.497 e. The minimum absolute atomic E-state index is 0.302. The van der Waals surface area contributed by atoms with Crippen LogP contribution in [0.1, 0.15) is 5.56 Å². The summed E-state index contributed by atoms with van der Waals surface area (Å²) >= 11 is 0. The van der Waals surface area contributed by atoms with Crippen molar-refractivity contribution in [3.05, 3.63) is 47.8 Å². The number of ether oxygens (including phenoxy) is 1. The van der Waals surface area contributed by atoms with Crippen molar-refractivity contribution in [3.63, 3.8) is 0 Å². The van der Waals surface area contributed by atoms with Gasteiger partial charge in [-0.15, -0.1) is 0 Å². The molecule has 0 radical (unpaired) electrons. The van der Waals surface area contributed by atoms with Crippen LogP contribution in [0.4, 0.5) is 21.5 Å². The summed E-state index contributed by atoms with van der Waals surface area (Å²) in [5.41, 5.74) is 8.22. The first-order chi connectivity index (χ1) is 8.60. The van der Waals surface area contributed by atoms with Crippen molar-refractivity contribution in [1.82, 2.24) is 0 Å². The Labute approximate surface area is 105 Å². The number of nitrogens with one attached hydrogen (secondary N) is 1. The molecule has 0 saturated heterocycles. The number of aryl methyl sites for hydroxylation is 1. The molecule has 0 fully saturated rings. The third-order valence-corrected chi connectivity index (χ3v) is 2.68. The molecule has 2 rings (SSSR count). The highest BCUT2D eigenvalue weighted by Crippen LogP contribution is 2.27. The van der Waals surface area contributed by atoms with E-state index >= 15 is 0 Å². The highest BCUT2D eigenvalue weighted by atomic mass is 19.1. The summed E-state index contributed by atoms with van der Waals surface area (Å²) in [5, 5.41) is 3.14. The molecule has 0 amide bonds. The molecule has 3 nitrogen and oxygen atoms in total. The fraction of sp³-hybridized carbons (Fsp3) is 0.143. The van der Waals surface area contributed by atoms with Gasteiger partial charge in [-0.2, -0.15) is 0 Å². The first kappa shape index (κ1) is 12.2. The van der Waals surface area contributed by atoms with Gasteiger partial charge < -0.3 is 15.8 Å². The van der Waals surface area contributed by atoms with Crippen LogP contribution in [0.15, 0.2) is 36.4 Å². The average molecular weight is 246 g/mol. The zero-order chi connectivity index (χ0) is 13.1. The van der Waals surface area contributed by atoms with Crippen molar-refractivity contribution in [2.24, 2.45) is 0 Å². The lowest BCUT2D eigenvalue weighted by atomic mass is 10.1. The maximum Gasteiger partial charge on any atom is 0.128 e. The molecule has 0 aliphatic heterocycles. The second-order valence-electron chi connectivity index (χ2n) is 4.05. The molecule has 0 bridgehead atoms. The first-order valence-corrected chi connectivity index (χ1v) is 5.57. The predicted molar refractivity (Wildman–Crippen MR) is 71.8 cm³/mol. The van der Waals surface area contributed by atoms with Gasteiger partial charge in [-0.3, -0.25) is 0 Å². The Morgan fingerprint density at radius 3 is 2.72 bits per heavy atom. The molecule has 0 unspecified atom stereocenters. The molecule has 0 aromatic heterocycles. The number of methoxy groups -OCH3 is 1. The molecule has 3 N–H and O–H groups in total. The summed E-state index contributed by atoms with van der Waals surface area (Å²) in [6.45, 7) is 1.70. The number of nitrogens with two attached hydrogens (primary N) is 1. The number of halogens is 1. The maximum atomic E-state index is 13.3. The molecule has 0 spiro atoms. The summed E-state index contributed by atoms with van der Waals surface area (Å²) in [6, 6.07) is 10.5. The van der Waals surface area contributed by atoms with Gasteiger partial charge in [0.25, 0.3) is 0 Å². The smallest absolute Gasteiger partial charge is 0.128 e. The van der Waals surface area contributed by atoms with E-state index in [1.54, 1.807) is 20.1 Å². The second-order valence-corrected chi connectivity index (χ2v) is 4.05. The lowest BCUT2D eigenvalue weighted by Gasteiger charge is -2.11. The first-order valence-electron chi connectivity index (χ1n) is 5.57. The summed E-state index contributed by atoms with van der Waals surface area (Å²) in [5.74, 6) is 0.445. The summed E-state index contributed by atoms with van der Waals surface area (Å²) in [6.07, 6.45) is 0. The molecule has 0 aliphatic carbocycles. The van der Waals surface area contributed by atoms with Crippen LogP contribution in [0.5, 0.6) is 5.75 Å². The van der Waals surface area contributed by atoms with E-state index in [2.05, 4.69) is 5.32 Å². The van der Waals surface area contributed by atoms with E-state index in [4.69, 9.17) is 10.5 Å². The second kappa shape index (κ2) is 4.96. The summed E-state index contributed by atoms with van der Waals surface area (Å²) in [7, 11) is 1.61. The van der Waals surface area contributed by atoms with E-state index in [0.717, 1.165) is 11.4 Å². The van der Waals surface area contributed by atoms with Crippen LogP contribution in [0.25, 0.3) is 0 Å². The van der Waals surface area contributed by atoms with Gasteiger partial charge in [0, 0.05) is 11.8 Å². The van der Waals surface area contributed by atoms with Crippen LogP contribution in [0.2, 0.25) is 0 Å². The number of benzene rings is 2. The average Bonchev–Trinajstić information content (AvgIpc) is 2.36. The van der Waals surface area contributed by atoms with Crippen LogP contribution >= 0.6 is 0 Å². The third-order valence-electron chi connectivity index (χ3n) is 2.68. The highest BCUT2D eigenvalue weighted by molar-refractivity contribution is 5.73. The van der Waals surface area contributed by atoms with Gasteiger partial charge in [-0.05, 0) is 36.8 Å². The van der Waals surface area contributed by atoms with Crippen LogP contribution in [0.3, 0.4) is 0 Å². The molecule has 18 heavy (non-hydrogen) atoms. The van der Waals surface area contributed by atoms with Crippen LogP contribution in [-0.2, 0) is 0 Å². The monoisotopic (exact) mass is 246 g/mol. The Morgan fingerprint density at radius 2 is 2.00 bits per heavy atom. The molecular formula is C14H15FN2O. The molecule has 0 atom stereocenters. The van der Waals surface area contributed by atoms with Crippen LogP contribution in [0, 0.1) is 12.7 Å². The van der Waals surface area contributed by atoms with Crippen molar-refractivity contribution in [1.29, 1.82) is 0 Å². The predicted octanol–water partition coefficient (Wildman–Crippen LogP) is 3.47. The van der Waals surface area contributed by atoms with Crippen molar-refractivity contribution < 1.29 is 9.13 Å². The molecular weight excluding hydrogens is 231 g/mol. The molecule has 2 aromatic carbocycles. The van der Waals surface area contributed by atoms with Crippen molar-refractivity contribution in [2.45, 2.75) is 6.92 Å². The van der Waals surface area contributed by atoms with E-state index in [0.29, 0.717) is 16.9 Å².